The summed E-state index contributed by atoms with van der Waals surface area (Å²) in [6, 6.07) is 0.205. The first kappa shape index (κ1) is 16.0. The van der Waals surface area contributed by atoms with Crippen LogP contribution in [0, 0.1) is 6.92 Å². The second-order valence-electron chi connectivity index (χ2n) is 5.76. The predicted molar refractivity (Wildman–Crippen MR) is 81.0 cm³/mol. The van der Waals surface area contributed by atoms with Gasteiger partial charge in [0.25, 0.3) is 0 Å². The van der Waals surface area contributed by atoms with E-state index in [9.17, 15) is 4.79 Å². The van der Waals surface area contributed by atoms with Gasteiger partial charge in [0.2, 0.25) is 5.91 Å². The van der Waals surface area contributed by atoms with E-state index in [0.717, 1.165) is 18.5 Å². The maximum atomic E-state index is 12.2. The zero-order valence-corrected chi connectivity index (χ0v) is 13.2. The summed E-state index contributed by atoms with van der Waals surface area (Å²) in [5.41, 5.74) is 1.15. The number of nitrogens with zero attached hydrogens (tertiary/aromatic N) is 3. The van der Waals surface area contributed by atoms with Crippen LogP contribution in [0.15, 0.2) is 12.4 Å². The lowest BCUT2D eigenvalue weighted by Crippen LogP contribution is -2.49. The number of carbonyl (C=O) groups excluding carboxylic acids is 1. The van der Waals surface area contributed by atoms with E-state index in [-0.39, 0.29) is 18.1 Å². The average Bonchev–Trinajstić information content (AvgIpc) is 2.90. The van der Waals surface area contributed by atoms with E-state index >= 15 is 0 Å². The lowest BCUT2D eigenvalue weighted by molar-refractivity contribution is -0.138. The number of hydrogen-bond donors (Lipinski definition) is 1. The zero-order chi connectivity index (χ0) is 15.2. The van der Waals surface area contributed by atoms with Crippen LogP contribution in [0.1, 0.15) is 25.8 Å². The molecule has 6 nitrogen and oxygen atoms in total. The van der Waals surface area contributed by atoms with Gasteiger partial charge in [0, 0.05) is 25.3 Å². The van der Waals surface area contributed by atoms with E-state index in [0.29, 0.717) is 26.2 Å². The van der Waals surface area contributed by atoms with Crippen LogP contribution in [0.25, 0.3) is 0 Å². The first-order chi connectivity index (χ1) is 10.1. The number of amides is 1. The van der Waals surface area contributed by atoms with Gasteiger partial charge in [-0.1, -0.05) is 6.92 Å². The number of nitrogens with one attached hydrogen (secondary N) is 1. The van der Waals surface area contributed by atoms with Gasteiger partial charge in [-0.15, -0.1) is 0 Å². The molecule has 1 aromatic heterocycles. The van der Waals surface area contributed by atoms with Crippen molar-refractivity contribution in [2.45, 2.75) is 45.9 Å². The molecule has 1 aromatic rings. The quantitative estimate of drug-likeness (QED) is 0.843. The summed E-state index contributed by atoms with van der Waals surface area (Å²) < 4.78 is 7.49. The topological polar surface area (TPSA) is 59.4 Å². The molecule has 0 radical (unpaired) electrons. The van der Waals surface area contributed by atoms with E-state index in [2.05, 4.69) is 24.3 Å². The van der Waals surface area contributed by atoms with E-state index in [1.165, 1.54) is 0 Å². The maximum Gasteiger partial charge on any atom is 0.236 e. The van der Waals surface area contributed by atoms with Crippen LogP contribution in [0.3, 0.4) is 0 Å². The second kappa shape index (κ2) is 7.56. The highest BCUT2D eigenvalue weighted by molar-refractivity contribution is 5.78. The Labute approximate surface area is 126 Å². The SMILES string of the molecule is CC[C@@H]1CN(C(=O)CN[C@@H](C)Cn2cc(C)cn2)CCO1. The Kier molecular flexibility index (Phi) is 5.76. The molecule has 6 heteroatoms. The van der Waals surface area contributed by atoms with Crippen molar-refractivity contribution in [2.24, 2.45) is 0 Å². The van der Waals surface area contributed by atoms with Gasteiger partial charge in [-0.25, -0.2) is 0 Å². The number of carbonyl (C=O) groups is 1. The van der Waals surface area contributed by atoms with Gasteiger partial charge in [0.15, 0.2) is 0 Å². The first-order valence-electron chi connectivity index (χ1n) is 7.70. The Bertz CT molecular complexity index is 460. The number of aryl methyl sites for hydroxylation is 1. The molecule has 118 valence electrons. The van der Waals surface area contributed by atoms with Crippen LogP contribution in [-0.4, -0.2) is 59.0 Å². The van der Waals surface area contributed by atoms with Crippen molar-refractivity contribution in [3.63, 3.8) is 0 Å². The number of hydrogen-bond acceptors (Lipinski definition) is 4. The van der Waals surface area contributed by atoms with Gasteiger partial charge in [-0.05, 0) is 25.8 Å². The van der Waals surface area contributed by atoms with Crippen LogP contribution in [0.2, 0.25) is 0 Å². The molecule has 0 saturated carbocycles. The van der Waals surface area contributed by atoms with E-state index in [4.69, 9.17) is 4.74 Å². The minimum atomic E-state index is 0.153. The van der Waals surface area contributed by atoms with Gasteiger partial charge in [0.1, 0.15) is 0 Å². The smallest absolute Gasteiger partial charge is 0.236 e. The van der Waals surface area contributed by atoms with Gasteiger partial charge in [-0.3, -0.25) is 9.48 Å². The van der Waals surface area contributed by atoms with Gasteiger partial charge >= 0.3 is 0 Å². The summed E-state index contributed by atoms with van der Waals surface area (Å²) in [4.78, 5) is 14.1. The average molecular weight is 294 g/mol. The number of morpholine rings is 1. The largest absolute Gasteiger partial charge is 0.375 e. The van der Waals surface area contributed by atoms with Gasteiger partial charge in [-0.2, -0.15) is 5.10 Å². The fourth-order valence-corrected chi connectivity index (χ4v) is 2.48. The molecule has 1 aliphatic heterocycles. The molecular formula is C15H26N4O2. The van der Waals surface area contributed by atoms with Gasteiger partial charge < -0.3 is 15.0 Å². The second-order valence-corrected chi connectivity index (χ2v) is 5.76. The molecule has 1 aliphatic rings. The van der Waals surface area contributed by atoms with Crippen LogP contribution in [0.4, 0.5) is 0 Å². The number of rotatable bonds is 6. The molecule has 0 aliphatic carbocycles. The Hall–Kier alpha value is -1.40. The van der Waals surface area contributed by atoms with Crippen molar-refractivity contribution in [3.8, 4) is 0 Å². The van der Waals surface area contributed by atoms with Crippen molar-refractivity contribution in [1.29, 1.82) is 0 Å². The summed E-state index contributed by atoms with van der Waals surface area (Å²) in [6.07, 6.45) is 4.99. The van der Waals surface area contributed by atoms with Crippen LogP contribution in [-0.2, 0) is 16.1 Å². The summed E-state index contributed by atoms with van der Waals surface area (Å²) in [5, 5.41) is 7.54. The summed E-state index contributed by atoms with van der Waals surface area (Å²) >= 11 is 0. The molecule has 21 heavy (non-hydrogen) atoms. The Balaban J connectivity index is 1.72. The van der Waals surface area contributed by atoms with Crippen LogP contribution in [0.5, 0.6) is 0 Å². The molecule has 2 heterocycles. The van der Waals surface area contributed by atoms with E-state index < -0.39 is 0 Å². The highest BCUT2D eigenvalue weighted by Gasteiger charge is 2.22. The molecule has 2 atom stereocenters. The van der Waals surface area contributed by atoms with Crippen LogP contribution < -0.4 is 5.32 Å². The molecule has 1 fully saturated rings. The molecule has 0 spiro atoms. The molecule has 1 amide bonds. The third kappa shape index (κ3) is 4.82. The number of ether oxygens (including phenoxy) is 1. The summed E-state index contributed by atoms with van der Waals surface area (Å²) in [7, 11) is 0. The predicted octanol–water partition coefficient (Wildman–Crippen LogP) is 0.807. The normalized spacial score (nSPS) is 20.5. The summed E-state index contributed by atoms with van der Waals surface area (Å²) in [5.74, 6) is 0.153. The molecule has 0 bridgehead atoms. The lowest BCUT2D eigenvalue weighted by Gasteiger charge is -2.32. The third-order valence-corrected chi connectivity index (χ3v) is 3.77. The fourth-order valence-electron chi connectivity index (χ4n) is 2.48. The van der Waals surface area contributed by atoms with E-state index in [1.807, 2.05) is 28.9 Å². The third-order valence-electron chi connectivity index (χ3n) is 3.77. The minimum Gasteiger partial charge on any atom is -0.375 e. The van der Waals surface area contributed by atoms with Crippen molar-refractivity contribution in [2.75, 3.05) is 26.2 Å². The van der Waals surface area contributed by atoms with E-state index in [1.54, 1.807) is 0 Å². The monoisotopic (exact) mass is 294 g/mol. The fraction of sp³-hybridized carbons (Fsp3) is 0.733. The standard InChI is InChI=1S/C15H26N4O2/c1-4-14-11-18(5-6-21-14)15(20)8-16-13(3)10-19-9-12(2)7-17-19/h7,9,13-14,16H,4-6,8,10-11H2,1-3H3/t13-,14+/m0/s1. The van der Waals surface area contributed by atoms with Crippen molar-refractivity contribution >= 4 is 5.91 Å². The molecular weight excluding hydrogens is 268 g/mol. The molecule has 0 unspecified atom stereocenters. The Morgan fingerprint density at radius 2 is 2.43 bits per heavy atom. The molecule has 1 saturated heterocycles. The van der Waals surface area contributed by atoms with Gasteiger partial charge in [0.05, 0.1) is 32.0 Å². The molecule has 1 N–H and O–H groups in total. The van der Waals surface area contributed by atoms with Crippen molar-refractivity contribution < 1.29 is 9.53 Å². The summed E-state index contributed by atoms with van der Waals surface area (Å²) in [6.45, 7) is 9.37. The van der Waals surface area contributed by atoms with Crippen molar-refractivity contribution in [1.82, 2.24) is 20.0 Å². The first-order valence-corrected chi connectivity index (χ1v) is 7.70. The highest BCUT2D eigenvalue weighted by atomic mass is 16.5. The maximum absolute atomic E-state index is 12.2. The number of aromatic nitrogens is 2. The minimum absolute atomic E-state index is 0.153. The molecule has 2 rings (SSSR count). The Morgan fingerprint density at radius 1 is 1.62 bits per heavy atom. The Morgan fingerprint density at radius 3 is 3.10 bits per heavy atom. The highest BCUT2D eigenvalue weighted by Crippen LogP contribution is 2.08. The lowest BCUT2D eigenvalue weighted by atomic mass is 10.2. The van der Waals surface area contributed by atoms with Crippen LogP contribution >= 0.6 is 0 Å². The van der Waals surface area contributed by atoms with Crippen molar-refractivity contribution in [3.05, 3.63) is 18.0 Å². The molecule has 0 aromatic carbocycles. The zero-order valence-electron chi connectivity index (χ0n) is 13.2.